The Kier molecular flexibility index (Phi) is 4.66. The Morgan fingerprint density at radius 2 is 1.71 bits per heavy atom. The molecule has 126 valence electrons. The number of nitrogens with zero attached hydrogens (tertiary/aromatic N) is 1. The van der Waals surface area contributed by atoms with Crippen LogP contribution in [0.25, 0.3) is 0 Å². The maximum atomic E-state index is 12.9. The summed E-state index contributed by atoms with van der Waals surface area (Å²) in [5, 5.41) is 8.99. The van der Waals surface area contributed by atoms with Gasteiger partial charge in [-0.3, -0.25) is 10.0 Å². The highest BCUT2D eigenvalue weighted by Crippen LogP contribution is 2.27. The topological polar surface area (TPSA) is 86.7 Å². The third kappa shape index (κ3) is 3.33. The van der Waals surface area contributed by atoms with Gasteiger partial charge in [-0.05, 0) is 23.1 Å². The molecular weight excluding hydrogens is 328 g/mol. The molecule has 2 N–H and O–H groups in total. The van der Waals surface area contributed by atoms with Gasteiger partial charge in [0.1, 0.15) is 6.04 Å². The highest BCUT2D eigenvalue weighted by atomic mass is 32.2. The fourth-order valence-electron chi connectivity index (χ4n) is 2.96. The molecule has 6 nitrogen and oxygen atoms in total. The number of hydroxylamine groups is 1. The van der Waals surface area contributed by atoms with Gasteiger partial charge >= 0.3 is 0 Å². The Morgan fingerprint density at radius 1 is 1.08 bits per heavy atom. The monoisotopic (exact) mass is 346 g/mol. The maximum Gasteiger partial charge on any atom is 0.262 e. The molecule has 7 heteroatoms. The van der Waals surface area contributed by atoms with E-state index < -0.39 is 22.0 Å². The second-order valence-electron chi connectivity index (χ2n) is 5.75. The van der Waals surface area contributed by atoms with Crippen molar-refractivity contribution in [3.8, 4) is 0 Å². The van der Waals surface area contributed by atoms with E-state index in [-0.39, 0.29) is 18.7 Å². The first-order valence-corrected chi connectivity index (χ1v) is 9.16. The second-order valence-corrected chi connectivity index (χ2v) is 7.67. The van der Waals surface area contributed by atoms with Crippen LogP contribution in [-0.4, -0.2) is 29.9 Å². The normalized spacial score (nSPS) is 18.0. The van der Waals surface area contributed by atoms with E-state index in [0.29, 0.717) is 5.56 Å². The largest absolute Gasteiger partial charge is 0.289 e. The summed E-state index contributed by atoms with van der Waals surface area (Å²) in [5.41, 5.74) is 4.02. The molecule has 0 saturated carbocycles. The van der Waals surface area contributed by atoms with Crippen LogP contribution in [0.5, 0.6) is 0 Å². The zero-order valence-electron chi connectivity index (χ0n) is 12.9. The van der Waals surface area contributed by atoms with Gasteiger partial charge in [-0.25, -0.2) is 13.9 Å². The third-order valence-corrected chi connectivity index (χ3v) is 5.96. The molecule has 2 aromatic rings. The lowest BCUT2D eigenvalue weighted by Crippen LogP contribution is -2.52. The van der Waals surface area contributed by atoms with Crippen molar-refractivity contribution in [2.75, 3.05) is 0 Å². The van der Waals surface area contributed by atoms with E-state index in [9.17, 15) is 13.2 Å². The number of fused-ring (bicyclic) bond motifs is 1. The van der Waals surface area contributed by atoms with Crippen LogP contribution in [0.15, 0.2) is 54.6 Å². The first kappa shape index (κ1) is 16.6. The molecule has 0 radical (unpaired) electrons. The summed E-state index contributed by atoms with van der Waals surface area (Å²) in [5.74, 6) is -0.910. The molecule has 1 aliphatic rings. The first-order valence-electron chi connectivity index (χ1n) is 7.55. The lowest BCUT2D eigenvalue weighted by atomic mass is 9.95. The van der Waals surface area contributed by atoms with Crippen molar-refractivity contribution < 1.29 is 18.4 Å². The standard InChI is InChI=1S/C17H18N2O4S/c20-17(18-21)16-10-14-8-4-5-9-15(14)11-19(16)24(22,23)12-13-6-2-1-3-7-13/h1-9,16,21H,10-12H2,(H,18,20)/t16-/m1/s1. The predicted molar refractivity (Wildman–Crippen MR) is 88.5 cm³/mol. The van der Waals surface area contributed by atoms with Crippen LogP contribution >= 0.6 is 0 Å². The quantitative estimate of drug-likeness (QED) is 0.648. The van der Waals surface area contributed by atoms with E-state index in [0.717, 1.165) is 11.1 Å². The van der Waals surface area contributed by atoms with Crippen molar-refractivity contribution in [3.05, 3.63) is 71.3 Å². The van der Waals surface area contributed by atoms with Gasteiger partial charge in [0.2, 0.25) is 10.0 Å². The molecule has 2 aromatic carbocycles. The molecule has 0 saturated heterocycles. The summed E-state index contributed by atoms with van der Waals surface area (Å²) < 4.78 is 26.9. The molecule has 1 heterocycles. The van der Waals surface area contributed by atoms with Crippen molar-refractivity contribution in [2.24, 2.45) is 0 Å². The van der Waals surface area contributed by atoms with Crippen molar-refractivity contribution >= 4 is 15.9 Å². The van der Waals surface area contributed by atoms with Crippen molar-refractivity contribution in [2.45, 2.75) is 24.8 Å². The molecule has 0 aliphatic carbocycles. The Morgan fingerprint density at radius 3 is 2.38 bits per heavy atom. The van der Waals surface area contributed by atoms with Crippen LogP contribution in [0.1, 0.15) is 16.7 Å². The SMILES string of the molecule is O=C(NO)[C@H]1Cc2ccccc2CN1S(=O)(=O)Cc1ccccc1. The molecule has 1 aliphatic heterocycles. The van der Waals surface area contributed by atoms with E-state index >= 15 is 0 Å². The average molecular weight is 346 g/mol. The summed E-state index contributed by atoms with van der Waals surface area (Å²) in [7, 11) is -3.72. The highest BCUT2D eigenvalue weighted by molar-refractivity contribution is 7.88. The molecule has 0 aromatic heterocycles. The molecule has 0 spiro atoms. The molecule has 0 bridgehead atoms. The van der Waals surface area contributed by atoms with Gasteiger partial charge in [0, 0.05) is 6.54 Å². The fraction of sp³-hybridized carbons (Fsp3) is 0.235. The smallest absolute Gasteiger partial charge is 0.262 e. The van der Waals surface area contributed by atoms with Crippen molar-refractivity contribution in [1.82, 2.24) is 9.79 Å². The third-order valence-electron chi connectivity index (χ3n) is 4.17. The molecular formula is C17H18N2O4S. The molecule has 0 unspecified atom stereocenters. The lowest BCUT2D eigenvalue weighted by molar-refractivity contribution is -0.133. The van der Waals surface area contributed by atoms with Crippen molar-refractivity contribution in [1.29, 1.82) is 0 Å². The van der Waals surface area contributed by atoms with E-state index in [1.54, 1.807) is 29.7 Å². The Bertz CT molecular complexity index is 837. The van der Waals surface area contributed by atoms with E-state index in [2.05, 4.69) is 0 Å². The Hall–Kier alpha value is -2.22. The molecule has 1 amide bonds. The molecule has 3 rings (SSSR count). The van der Waals surface area contributed by atoms with Crippen molar-refractivity contribution in [3.63, 3.8) is 0 Å². The fourth-order valence-corrected chi connectivity index (χ4v) is 4.63. The van der Waals surface area contributed by atoms with Crippen LogP contribution in [-0.2, 0) is 33.5 Å². The van der Waals surface area contributed by atoms with Gasteiger partial charge in [0.05, 0.1) is 5.75 Å². The maximum absolute atomic E-state index is 12.9. The van der Waals surface area contributed by atoms with Crippen LogP contribution in [0, 0.1) is 0 Å². The highest BCUT2D eigenvalue weighted by Gasteiger charge is 2.38. The molecule has 0 fully saturated rings. The number of carbonyl (C=O) groups is 1. The zero-order valence-corrected chi connectivity index (χ0v) is 13.7. The molecule has 24 heavy (non-hydrogen) atoms. The van der Waals surface area contributed by atoms with Gasteiger partial charge in [0.25, 0.3) is 5.91 Å². The van der Waals surface area contributed by atoms with E-state index in [4.69, 9.17) is 5.21 Å². The second kappa shape index (κ2) is 6.72. The van der Waals surface area contributed by atoms with Gasteiger partial charge in [-0.15, -0.1) is 0 Å². The van der Waals surface area contributed by atoms with Gasteiger partial charge in [-0.2, -0.15) is 4.31 Å². The summed E-state index contributed by atoms with van der Waals surface area (Å²) in [6.07, 6.45) is 0.233. The summed E-state index contributed by atoms with van der Waals surface area (Å²) in [4.78, 5) is 12.0. The zero-order chi connectivity index (χ0) is 17.2. The predicted octanol–water partition coefficient (Wildman–Crippen LogP) is 1.45. The summed E-state index contributed by atoms with van der Waals surface area (Å²) >= 11 is 0. The molecule has 1 atom stereocenters. The minimum Gasteiger partial charge on any atom is -0.289 e. The van der Waals surface area contributed by atoms with Crippen LogP contribution in [0.2, 0.25) is 0 Å². The average Bonchev–Trinajstić information content (AvgIpc) is 2.60. The van der Waals surface area contributed by atoms with E-state index in [1.807, 2.05) is 30.3 Å². The number of benzene rings is 2. The Labute approximate surface area is 140 Å². The number of rotatable bonds is 4. The summed E-state index contributed by atoms with van der Waals surface area (Å²) in [6.45, 7) is 0.115. The minimum atomic E-state index is -3.72. The van der Waals surface area contributed by atoms with Gasteiger partial charge in [0.15, 0.2) is 0 Å². The number of hydrogen-bond donors (Lipinski definition) is 2. The number of amides is 1. The summed E-state index contributed by atoms with van der Waals surface area (Å²) in [6, 6.07) is 15.3. The lowest BCUT2D eigenvalue weighted by Gasteiger charge is -2.34. The minimum absolute atomic E-state index is 0.115. The first-order chi connectivity index (χ1) is 11.5. The van der Waals surface area contributed by atoms with Gasteiger partial charge < -0.3 is 0 Å². The van der Waals surface area contributed by atoms with Crippen LogP contribution < -0.4 is 5.48 Å². The van der Waals surface area contributed by atoms with Crippen LogP contribution in [0.3, 0.4) is 0 Å². The van der Waals surface area contributed by atoms with Crippen LogP contribution in [0.4, 0.5) is 0 Å². The number of carbonyl (C=O) groups excluding carboxylic acids is 1. The van der Waals surface area contributed by atoms with E-state index in [1.165, 1.54) is 4.31 Å². The van der Waals surface area contributed by atoms with Gasteiger partial charge in [-0.1, -0.05) is 54.6 Å². The Balaban J connectivity index is 1.95. The number of hydrogen-bond acceptors (Lipinski definition) is 4. The number of sulfonamides is 1. The number of nitrogens with one attached hydrogen (secondary N) is 1.